The highest BCUT2D eigenvalue weighted by Crippen LogP contribution is 2.41. The summed E-state index contributed by atoms with van der Waals surface area (Å²) in [5.74, 6) is 6.45. The Balaban J connectivity index is 2.40. The van der Waals surface area contributed by atoms with Crippen LogP contribution in [0.4, 0.5) is 0 Å². The fraction of sp³-hybridized carbons (Fsp3) is 0.739. The number of allylic oxidation sites excluding steroid dienone is 1. The van der Waals surface area contributed by atoms with Crippen molar-refractivity contribution in [2.45, 2.75) is 79.3 Å². The van der Waals surface area contributed by atoms with E-state index < -0.39 is 11.5 Å². The number of aliphatic carboxylic acids is 1. The molecule has 1 heterocycles. The first kappa shape index (κ1) is 22.9. The van der Waals surface area contributed by atoms with Gasteiger partial charge in [0.15, 0.2) is 5.54 Å². The molecular weight excluding hydrogens is 370 g/mol. The van der Waals surface area contributed by atoms with E-state index in [0.29, 0.717) is 11.7 Å². The third-order valence-corrected chi connectivity index (χ3v) is 6.80. The lowest BCUT2D eigenvalue weighted by Crippen LogP contribution is -2.61. The van der Waals surface area contributed by atoms with Crippen molar-refractivity contribution in [2.75, 3.05) is 5.75 Å². The van der Waals surface area contributed by atoms with Crippen molar-refractivity contribution in [3.63, 3.8) is 0 Å². The van der Waals surface area contributed by atoms with Crippen molar-refractivity contribution in [2.24, 2.45) is 23.2 Å². The molecule has 156 valence electrons. The highest BCUT2D eigenvalue weighted by molar-refractivity contribution is 8.03. The number of carbonyl (C=O) groups excluding carboxylic acids is 1. The van der Waals surface area contributed by atoms with Gasteiger partial charge in [0, 0.05) is 23.1 Å². The fourth-order valence-corrected chi connectivity index (χ4v) is 5.42. The second kappa shape index (κ2) is 8.53. The van der Waals surface area contributed by atoms with Crippen molar-refractivity contribution < 1.29 is 14.7 Å². The molecule has 0 aromatic heterocycles. The summed E-state index contributed by atoms with van der Waals surface area (Å²) in [6.07, 6.45) is 4.61. The van der Waals surface area contributed by atoms with Gasteiger partial charge in [0.25, 0.3) is 0 Å². The van der Waals surface area contributed by atoms with Crippen molar-refractivity contribution in [3.05, 3.63) is 11.0 Å². The van der Waals surface area contributed by atoms with E-state index in [1.807, 2.05) is 34.6 Å². The van der Waals surface area contributed by atoms with E-state index in [-0.39, 0.29) is 29.2 Å². The number of amides is 1. The summed E-state index contributed by atoms with van der Waals surface area (Å²) in [4.78, 5) is 28.4. The second-order valence-electron chi connectivity index (χ2n) is 9.83. The van der Waals surface area contributed by atoms with E-state index in [2.05, 4.69) is 25.7 Å². The van der Waals surface area contributed by atoms with Gasteiger partial charge in [-0.3, -0.25) is 4.79 Å². The number of thioether (sulfide) groups is 1. The Bertz CT molecular complexity index is 710. The quantitative estimate of drug-likeness (QED) is 0.683. The normalized spacial score (nSPS) is 30.4. The smallest absolute Gasteiger partial charge is 0.334 e. The fourth-order valence-electron chi connectivity index (χ4n) is 4.30. The molecule has 2 aliphatic rings. The van der Waals surface area contributed by atoms with Crippen LogP contribution in [0.25, 0.3) is 0 Å². The van der Waals surface area contributed by atoms with Gasteiger partial charge in [0.2, 0.25) is 5.91 Å². The number of hydrogen-bond acceptors (Lipinski definition) is 3. The summed E-state index contributed by atoms with van der Waals surface area (Å²) in [6.45, 7) is 14.3. The minimum atomic E-state index is -1.32. The van der Waals surface area contributed by atoms with Gasteiger partial charge in [0.1, 0.15) is 0 Å². The van der Waals surface area contributed by atoms with Crippen LogP contribution in [0, 0.1) is 35.0 Å². The molecule has 1 N–H and O–H groups in total. The van der Waals surface area contributed by atoms with Crippen LogP contribution in [0.3, 0.4) is 0 Å². The molecule has 4 nitrogen and oxygen atoms in total. The Hall–Kier alpha value is -1.41. The Morgan fingerprint density at radius 1 is 1.29 bits per heavy atom. The Morgan fingerprint density at radius 2 is 1.93 bits per heavy atom. The third kappa shape index (κ3) is 4.95. The molecule has 1 aliphatic heterocycles. The molecule has 1 aliphatic carbocycles. The second-order valence-corrected chi connectivity index (χ2v) is 10.8. The van der Waals surface area contributed by atoms with E-state index >= 15 is 0 Å². The van der Waals surface area contributed by atoms with Crippen LogP contribution in [-0.4, -0.2) is 39.2 Å². The highest BCUT2D eigenvalue weighted by atomic mass is 32.2. The van der Waals surface area contributed by atoms with Crippen LogP contribution >= 0.6 is 11.8 Å². The maximum absolute atomic E-state index is 13.6. The molecule has 0 saturated heterocycles. The minimum absolute atomic E-state index is 0.0151. The average molecular weight is 406 g/mol. The lowest BCUT2D eigenvalue weighted by Gasteiger charge is -2.43. The lowest BCUT2D eigenvalue weighted by molar-refractivity contribution is -0.159. The minimum Gasteiger partial charge on any atom is -0.479 e. The lowest BCUT2D eigenvalue weighted by atomic mass is 9.74. The zero-order chi connectivity index (χ0) is 21.3. The van der Waals surface area contributed by atoms with Gasteiger partial charge < -0.3 is 10.0 Å². The van der Waals surface area contributed by atoms with E-state index in [4.69, 9.17) is 0 Å². The van der Waals surface area contributed by atoms with E-state index in [0.717, 1.165) is 24.2 Å². The molecular formula is C23H35NO3S. The maximum Gasteiger partial charge on any atom is 0.334 e. The van der Waals surface area contributed by atoms with Gasteiger partial charge in [-0.05, 0) is 71.8 Å². The molecule has 0 bridgehead atoms. The van der Waals surface area contributed by atoms with Crippen molar-refractivity contribution in [3.8, 4) is 11.8 Å². The first-order valence-corrected chi connectivity index (χ1v) is 11.3. The van der Waals surface area contributed by atoms with Crippen LogP contribution in [-0.2, 0) is 9.59 Å². The first-order valence-electron chi connectivity index (χ1n) is 10.3. The van der Waals surface area contributed by atoms with Crippen LogP contribution in [0.15, 0.2) is 11.0 Å². The number of rotatable bonds is 4. The van der Waals surface area contributed by atoms with Crippen LogP contribution in [0.2, 0.25) is 0 Å². The van der Waals surface area contributed by atoms with Gasteiger partial charge in [0.05, 0.1) is 4.91 Å². The molecule has 5 heteroatoms. The number of carboxylic acid groups (broad SMARTS) is 1. The van der Waals surface area contributed by atoms with Crippen molar-refractivity contribution >= 4 is 23.6 Å². The average Bonchev–Trinajstić information content (AvgIpc) is 2.97. The van der Waals surface area contributed by atoms with E-state index in [1.165, 1.54) is 11.8 Å². The molecule has 28 heavy (non-hydrogen) atoms. The Kier molecular flexibility index (Phi) is 6.97. The Morgan fingerprint density at radius 3 is 2.43 bits per heavy atom. The summed E-state index contributed by atoms with van der Waals surface area (Å²) >= 11 is 1.44. The molecule has 0 spiro atoms. The maximum atomic E-state index is 13.6. The number of hydrogen-bond donors (Lipinski definition) is 1. The molecule has 1 fully saturated rings. The summed E-state index contributed by atoms with van der Waals surface area (Å²) < 4.78 is 0. The molecule has 0 radical (unpaired) electrons. The topological polar surface area (TPSA) is 57.6 Å². The van der Waals surface area contributed by atoms with Gasteiger partial charge in [-0.2, -0.15) is 0 Å². The summed E-state index contributed by atoms with van der Waals surface area (Å²) in [6, 6.07) is -0.193. The van der Waals surface area contributed by atoms with Crippen LogP contribution in [0.1, 0.15) is 67.7 Å². The summed E-state index contributed by atoms with van der Waals surface area (Å²) in [5, 5.41) is 10.2. The standard InChI is InChI=1S/C23H35NO3S/c1-15(2)24(20(25)19-9-8-16(3)12-17(19)4)23(21(26)27)13-18(28-14-23)10-11-22(5,6)7/h13,15-17,19H,8-9,12,14H2,1-7H3,(H,26,27)/t16-,17-,19-,23?/m0/s1. The van der Waals surface area contributed by atoms with Crippen LogP contribution in [0.5, 0.6) is 0 Å². The SMILES string of the molecule is CC(C)N(C(=O)[C@H]1CC[C@H](C)C[C@@H]1C)C1(C(=O)O)C=C(C#CC(C)(C)C)SC1. The zero-order valence-electron chi connectivity index (χ0n) is 18.3. The van der Waals surface area contributed by atoms with Crippen molar-refractivity contribution in [1.29, 1.82) is 0 Å². The molecule has 0 aromatic carbocycles. The van der Waals surface area contributed by atoms with Gasteiger partial charge in [-0.25, -0.2) is 4.79 Å². The zero-order valence-corrected chi connectivity index (χ0v) is 19.2. The largest absolute Gasteiger partial charge is 0.479 e. The molecule has 1 saturated carbocycles. The molecule has 2 rings (SSSR count). The Labute approximate surface area is 174 Å². The molecule has 1 unspecified atom stereocenters. The third-order valence-electron chi connectivity index (χ3n) is 5.68. The predicted octanol–water partition coefficient (Wildman–Crippen LogP) is 4.80. The molecule has 1 amide bonds. The van der Waals surface area contributed by atoms with Gasteiger partial charge >= 0.3 is 5.97 Å². The number of carbonyl (C=O) groups is 2. The summed E-state index contributed by atoms with van der Waals surface area (Å²) in [7, 11) is 0. The van der Waals surface area contributed by atoms with Gasteiger partial charge in [-0.15, -0.1) is 11.8 Å². The number of nitrogens with zero attached hydrogens (tertiary/aromatic N) is 1. The van der Waals surface area contributed by atoms with Crippen molar-refractivity contribution in [1.82, 2.24) is 4.90 Å². The summed E-state index contributed by atoms with van der Waals surface area (Å²) in [5.41, 5.74) is -1.47. The molecule has 4 atom stereocenters. The molecule has 0 aromatic rings. The predicted molar refractivity (Wildman–Crippen MR) is 116 cm³/mol. The number of carboxylic acids is 1. The van der Waals surface area contributed by atoms with Gasteiger partial charge in [-0.1, -0.05) is 25.7 Å². The van der Waals surface area contributed by atoms with E-state index in [9.17, 15) is 14.7 Å². The first-order chi connectivity index (χ1) is 12.9. The highest BCUT2D eigenvalue weighted by Gasteiger charge is 2.51. The van der Waals surface area contributed by atoms with E-state index in [1.54, 1.807) is 11.0 Å². The van der Waals surface area contributed by atoms with Crippen LogP contribution < -0.4 is 0 Å². The monoisotopic (exact) mass is 405 g/mol.